The van der Waals surface area contributed by atoms with Crippen molar-refractivity contribution >= 4 is 23.7 Å². The third-order valence-corrected chi connectivity index (χ3v) is 4.33. The summed E-state index contributed by atoms with van der Waals surface area (Å²) in [6.45, 7) is 1.46. The van der Waals surface area contributed by atoms with Crippen molar-refractivity contribution in [2.24, 2.45) is 5.41 Å². The molecule has 0 aromatic heterocycles. The van der Waals surface area contributed by atoms with Gasteiger partial charge in [0.1, 0.15) is 11.5 Å². The summed E-state index contributed by atoms with van der Waals surface area (Å²) in [6, 6.07) is 14.4. The minimum atomic E-state index is -3.27. The van der Waals surface area contributed by atoms with Crippen molar-refractivity contribution in [3.05, 3.63) is 60.7 Å². The predicted molar refractivity (Wildman–Crippen MR) is 102 cm³/mol. The molecule has 0 saturated heterocycles. The molecule has 9 heteroatoms. The topological polar surface area (TPSA) is 147 Å². The van der Waals surface area contributed by atoms with Gasteiger partial charge >= 0.3 is 23.7 Å². The van der Waals surface area contributed by atoms with Crippen LogP contribution < -0.4 is 9.47 Å². The number of hydrogen-bond acceptors (Lipinski definition) is 6. The third kappa shape index (κ3) is 4.09. The first kappa shape index (κ1) is 22.4. The maximum atomic E-state index is 13.4. The zero-order valence-electron chi connectivity index (χ0n) is 16.0. The first-order chi connectivity index (χ1) is 14.2. The van der Waals surface area contributed by atoms with Crippen molar-refractivity contribution in [3.63, 3.8) is 0 Å². The van der Waals surface area contributed by atoms with Gasteiger partial charge in [-0.2, -0.15) is 0 Å². The van der Waals surface area contributed by atoms with E-state index in [1.54, 1.807) is 12.1 Å². The number of ether oxygens (including phenoxy) is 2. The molecule has 2 rings (SSSR count). The number of Topliss-reactive ketones (excluding diaryl/α,β-unsaturated/α-hetero) is 1. The fourth-order valence-electron chi connectivity index (χ4n) is 2.88. The lowest BCUT2D eigenvalue weighted by Gasteiger charge is -2.34. The van der Waals surface area contributed by atoms with Crippen molar-refractivity contribution in [1.29, 1.82) is 0 Å². The van der Waals surface area contributed by atoms with Gasteiger partial charge in [-0.25, -0.2) is 4.79 Å². The fourth-order valence-corrected chi connectivity index (χ4v) is 2.88. The van der Waals surface area contributed by atoms with Gasteiger partial charge in [0, 0.05) is 0 Å². The Morgan fingerprint density at radius 1 is 0.733 bits per heavy atom. The van der Waals surface area contributed by atoms with Crippen LogP contribution in [0.2, 0.25) is 0 Å². The van der Waals surface area contributed by atoms with Crippen LogP contribution in [-0.2, 0) is 19.2 Å². The van der Waals surface area contributed by atoms with Crippen molar-refractivity contribution in [3.8, 4) is 11.5 Å². The van der Waals surface area contributed by atoms with E-state index in [1.165, 1.54) is 55.5 Å². The van der Waals surface area contributed by atoms with Crippen LogP contribution in [0.1, 0.15) is 19.8 Å². The lowest BCUT2D eigenvalue weighted by Crippen LogP contribution is -2.65. The van der Waals surface area contributed by atoms with Crippen molar-refractivity contribution in [2.75, 3.05) is 0 Å². The van der Waals surface area contributed by atoms with E-state index in [4.69, 9.17) is 9.47 Å². The number of aliphatic carboxylic acids is 3. The SMILES string of the molecule is CCCC(C(=O)O)(C(=O)O)C(=O)C(Oc1ccccc1)(Oc1ccccc1)C(=O)O. The minimum absolute atomic E-state index is 0.0310. The first-order valence-corrected chi connectivity index (χ1v) is 8.94. The number of para-hydroxylation sites is 2. The van der Waals surface area contributed by atoms with Gasteiger partial charge in [0.25, 0.3) is 5.78 Å². The van der Waals surface area contributed by atoms with E-state index in [1.807, 2.05) is 0 Å². The Hall–Kier alpha value is -3.88. The van der Waals surface area contributed by atoms with Crippen LogP contribution in [0.25, 0.3) is 0 Å². The van der Waals surface area contributed by atoms with Crippen molar-refractivity contribution in [1.82, 2.24) is 0 Å². The zero-order chi connectivity index (χ0) is 22.4. The summed E-state index contributed by atoms with van der Waals surface area (Å²) >= 11 is 0. The van der Waals surface area contributed by atoms with Crippen molar-refractivity contribution in [2.45, 2.75) is 25.6 Å². The van der Waals surface area contributed by atoms with Crippen LogP contribution in [0.5, 0.6) is 11.5 Å². The molecular weight excluding hydrogens is 396 g/mol. The van der Waals surface area contributed by atoms with Gasteiger partial charge in [0.2, 0.25) is 5.41 Å². The van der Waals surface area contributed by atoms with Gasteiger partial charge < -0.3 is 24.8 Å². The van der Waals surface area contributed by atoms with Gasteiger partial charge in [-0.1, -0.05) is 49.7 Å². The fraction of sp³-hybridized carbons (Fsp3) is 0.238. The second-order valence-electron chi connectivity index (χ2n) is 6.35. The van der Waals surface area contributed by atoms with E-state index in [0.29, 0.717) is 0 Å². The van der Waals surface area contributed by atoms with Gasteiger partial charge in [-0.3, -0.25) is 14.4 Å². The van der Waals surface area contributed by atoms with Crippen LogP contribution in [0.15, 0.2) is 60.7 Å². The number of hydrogen-bond donors (Lipinski definition) is 3. The maximum absolute atomic E-state index is 13.4. The van der Waals surface area contributed by atoms with E-state index in [9.17, 15) is 34.5 Å². The Balaban J connectivity index is 2.74. The minimum Gasteiger partial charge on any atom is -0.480 e. The Morgan fingerprint density at radius 2 is 1.13 bits per heavy atom. The zero-order valence-corrected chi connectivity index (χ0v) is 16.0. The molecule has 2 aromatic rings. The summed E-state index contributed by atoms with van der Waals surface area (Å²) in [7, 11) is 0. The molecule has 30 heavy (non-hydrogen) atoms. The molecule has 158 valence electrons. The molecule has 0 atom stereocenters. The van der Waals surface area contributed by atoms with Gasteiger partial charge in [0.15, 0.2) is 0 Å². The Bertz CT molecular complexity index is 867. The Kier molecular flexibility index (Phi) is 6.78. The molecule has 0 amide bonds. The highest BCUT2D eigenvalue weighted by Crippen LogP contribution is 2.36. The smallest absolute Gasteiger partial charge is 0.415 e. The lowest BCUT2D eigenvalue weighted by atomic mass is 9.75. The number of rotatable bonds is 11. The summed E-state index contributed by atoms with van der Waals surface area (Å²) < 4.78 is 10.8. The van der Waals surface area contributed by atoms with E-state index in [2.05, 4.69) is 0 Å². The molecule has 3 N–H and O–H groups in total. The molecule has 0 aliphatic carbocycles. The molecule has 9 nitrogen and oxygen atoms in total. The average Bonchev–Trinajstić information content (AvgIpc) is 2.71. The summed E-state index contributed by atoms with van der Waals surface area (Å²) in [6.07, 6.45) is -0.696. The molecule has 0 aliphatic heterocycles. The highest BCUT2D eigenvalue weighted by molar-refractivity contribution is 6.26. The molecule has 0 aliphatic rings. The highest BCUT2D eigenvalue weighted by Gasteiger charge is 2.67. The molecule has 0 bridgehead atoms. The monoisotopic (exact) mass is 416 g/mol. The van der Waals surface area contributed by atoms with Gasteiger partial charge in [-0.15, -0.1) is 0 Å². The van der Waals surface area contributed by atoms with Crippen molar-refractivity contribution < 1.29 is 44.0 Å². The maximum Gasteiger partial charge on any atom is 0.415 e. The standard InChI is InChI=1S/C21H20O9/c1-2-13-20(17(23)24,18(25)26)16(22)21(19(27)28,29-14-9-5-3-6-10-14)30-15-11-7-4-8-12-15/h3-12H,2,13H2,1H3,(H,23,24)(H,25,26)(H,27,28). The Labute approximate surface area is 171 Å². The molecule has 0 saturated carbocycles. The largest absolute Gasteiger partial charge is 0.480 e. The molecular formula is C21H20O9. The summed E-state index contributed by atoms with van der Waals surface area (Å²) in [4.78, 5) is 49.7. The van der Waals surface area contributed by atoms with E-state index >= 15 is 0 Å². The second-order valence-corrected chi connectivity index (χ2v) is 6.35. The molecule has 0 heterocycles. The summed E-state index contributed by atoms with van der Waals surface area (Å²) in [5.41, 5.74) is -3.10. The summed E-state index contributed by atoms with van der Waals surface area (Å²) in [5, 5.41) is 29.3. The predicted octanol–water partition coefficient (Wildman–Crippen LogP) is 2.45. The molecule has 2 aromatic carbocycles. The summed E-state index contributed by atoms with van der Waals surface area (Å²) in [5.74, 6) is -11.3. The first-order valence-electron chi connectivity index (χ1n) is 8.94. The molecule has 0 fully saturated rings. The Morgan fingerprint density at radius 3 is 1.43 bits per heavy atom. The molecule has 0 spiro atoms. The van der Waals surface area contributed by atoms with E-state index < -0.39 is 41.3 Å². The number of carbonyl (C=O) groups is 4. The van der Waals surface area contributed by atoms with Crippen LogP contribution in [0, 0.1) is 5.41 Å². The van der Waals surface area contributed by atoms with Crippen LogP contribution in [0.3, 0.4) is 0 Å². The lowest BCUT2D eigenvalue weighted by molar-refractivity contribution is -0.200. The van der Waals surface area contributed by atoms with Gasteiger partial charge in [-0.05, 0) is 30.7 Å². The second kappa shape index (κ2) is 9.08. The number of carbonyl (C=O) groups excluding carboxylic acids is 1. The molecule has 0 unspecified atom stereocenters. The van der Waals surface area contributed by atoms with E-state index in [-0.39, 0.29) is 17.9 Å². The van der Waals surface area contributed by atoms with Crippen LogP contribution in [-0.4, -0.2) is 44.8 Å². The average molecular weight is 416 g/mol. The highest BCUT2D eigenvalue weighted by atomic mass is 16.7. The van der Waals surface area contributed by atoms with Crippen LogP contribution in [0.4, 0.5) is 0 Å². The number of carboxylic acids is 3. The number of carboxylic acid groups (broad SMARTS) is 3. The van der Waals surface area contributed by atoms with E-state index in [0.717, 1.165) is 0 Å². The molecule has 0 radical (unpaired) electrons. The van der Waals surface area contributed by atoms with Crippen LogP contribution >= 0.6 is 0 Å². The third-order valence-electron chi connectivity index (χ3n) is 4.33. The quantitative estimate of drug-likeness (QED) is 0.371. The van der Waals surface area contributed by atoms with Gasteiger partial charge in [0.05, 0.1) is 0 Å². The number of benzene rings is 2. The number of ketones is 1. The normalized spacial score (nSPS) is 11.4.